The maximum absolute atomic E-state index is 5.91. The molecule has 2 heterocycles. The Hall–Kier alpha value is -1.69. The van der Waals surface area contributed by atoms with Gasteiger partial charge in [-0.05, 0) is 24.8 Å². The number of hydrogen-bond donors (Lipinski definition) is 1. The highest BCUT2D eigenvalue weighted by atomic mass is 32.2. The average Bonchev–Trinajstić information content (AvgIpc) is 2.35. The maximum Gasteiger partial charge on any atom is 0.193 e. The Morgan fingerprint density at radius 1 is 1.17 bits per heavy atom. The highest BCUT2D eigenvalue weighted by molar-refractivity contribution is 7.99. The third-order valence-corrected chi connectivity index (χ3v) is 3.39. The third-order valence-electron chi connectivity index (χ3n) is 2.40. The fourth-order valence-electron chi connectivity index (χ4n) is 1.31. The van der Waals surface area contributed by atoms with Crippen molar-refractivity contribution in [1.82, 2.24) is 19.9 Å². The van der Waals surface area contributed by atoms with Crippen LogP contribution in [0.15, 0.2) is 28.6 Å². The van der Waals surface area contributed by atoms with Crippen molar-refractivity contribution in [3.63, 3.8) is 0 Å². The number of anilines is 1. The normalized spacial score (nSPS) is 10.9. The first-order valence-electron chi connectivity index (χ1n) is 5.67. The van der Waals surface area contributed by atoms with Crippen molar-refractivity contribution in [3.05, 3.63) is 29.8 Å². The second-order valence-electron chi connectivity index (χ2n) is 4.19. The molecule has 0 aromatic carbocycles. The molecule has 0 saturated heterocycles. The SMILES string of the molecule is Cc1c(N)nc(C(C)C)nc1Sc1ncccn1. The second-order valence-corrected chi connectivity index (χ2v) is 5.14. The van der Waals surface area contributed by atoms with Gasteiger partial charge in [-0.25, -0.2) is 19.9 Å². The molecule has 0 aliphatic heterocycles. The van der Waals surface area contributed by atoms with Gasteiger partial charge in [0.05, 0.1) is 0 Å². The quantitative estimate of drug-likeness (QED) is 0.675. The zero-order valence-electron chi connectivity index (χ0n) is 10.6. The highest BCUT2D eigenvalue weighted by Crippen LogP contribution is 2.28. The number of aromatic nitrogens is 4. The van der Waals surface area contributed by atoms with Crippen LogP contribution in [-0.2, 0) is 0 Å². The summed E-state index contributed by atoms with van der Waals surface area (Å²) in [4.78, 5) is 17.1. The zero-order valence-corrected chi connectivity index (χ0v) is 11.4. The molecule has 2 rings (SSSR count). The zero-order chi connectivity index (χ0) is 13.1. The van der Waals surface area contributed by atoms with Gasteiger partial charge in [-0.1, -0.05) is 13.8 Å². The van der Waals surface area contributed by atoms with Gasteiger partial charge in [0.15, 0.2) is 5.16 Å². The van der Waals surface area contributed by atoms with Crippen LogP contribution < -0.4 is 5.73 Å². The van der Waals surface area contributed by atoms with Crippen molar-refractivity contribution in [3.8, 4) is 0 Å². The molecular formula is C12H15N5S. The minimum absolute atomic E-state index is 0.240. The Labute approximate surface area is 110 Å². The van der Waals surface area contributed by atoms with Crippen molar-refractivity contribution in [2.45, 2.75) is 36.9 Å². The van der Waals surface area contributed by atoms with E-state index in [1.165, 1.54) is 11.8 Å². The lowest BCUT2D eigenvalue weighted by atomic mass is 10.2. The van der Waals surface area contributed by atoms with E-state index >= 15 is 0 Å². The minimum Gasteiger partial charge on any atom is -0.383 e. The van der Waals surface area contributed by atoms with E-state index in [0.717, 1.165) is 16.4 Å². The molecular weight excluding hydrogens is 246 g/mol. The fourth-order valence-corrected chi connectivity index (χ4v) is 2.11. The van der Waals surface area contributed by atoms with Gasteiger partial charge in [-0.15, -0.1) is 0 Å². The first-order chi connectivity index (χ1) is 8.58. The van der Waals surface area contributed by atoms with Crippen molar-refractivity contribution < 1.29 is 0 Å². The Kier molecular flexibility index (Phi) is 3.76. The van der Waals surface area contributed by atoms with Gasteiger partial charge in [-0.3, -0.25) is 0 Å². The van der Waals surface area contributed by atoms with E-state index in [1.807, 2.05) is 20.8 Å². The lowest BCUT2D eigenvalue weighted by molar-refractivity contribution is 0.750. The van der Waals surface area contributed by atoms with Crippen LogP contribution in [0, 0.1) is 6.92 Å². The summed E-state index contributed by atoms with van der Waals surface area (Å²) in [6.07, 6.45) is 3.41. The summed E-state index contributed by atoms with van der Waals surface area (Å²) in [6, 6.07) is 1.78. The first-order valence-corrected chi connectivity index (χ1v) is 6.48. The van der Waals surface area contributed by atoms with Crippen molar-refractivity contribution >= 4 is 17.6 Å². The Bertz CT molecular complexity index is 542. The average molecular weight is 261 g/mol. The topological polar surface area (TPSA) is 77.6 Å². The Morgan fingerprint density at radius 3 is 2.44 bits per heavy atom. The Balaban J connectivity index is 2.38. The van der Waals surface area contributed by atoms with Crippen molar-refractivity contribution in [2.24, 2.45) is 0 Å². The lowest BCUT2D eigenvalue weighted by Gasteiger charge is -2.10. The molecule has 0 atom stereocenters. The highest BCUT2D eigenvalue weighted by Gasteiger charge is 2.13. The summed E-state index contributed by atoms with van der Waals surface area (Å²) in [5.41, 5.74) is 6.78. The minimum atomic E-state index is 0.240. The van der Waals surface area contributed by atoms with Gasteiger partial charge in [0.2, 0.25) is 0 Å². The molecule has 0 spiro atoms. The van der Waals surface area contributed by atoms with Crippen LogP contribution in [0.5, 0.6) is 0 Å². The summed E-state index contributed by atoms with van der Waals surface area (Å²) in [5, 5.41) is 1.48. The van der Waals surface area contributed by atoms with Crippen molar-refractivity contribution in [2.75, 3.05) is 5.73 Å². The Morgan fingerprint density at radius 2 is 1.83 bits per heavy atom. The van der Waals surface area contributed by atoms with E-state index in [2.05, 4.69) is 19.9 Å². The second kappa shape index (κ2) is 5.30. The molecule has 0 radical (unpaired) electrons. The molecule has 0 fully saturated rings. The molecule has 18 heavy (non-hydrogen) atoms. The molecule has 0 saturated carbocycles. The monoisotopic (exact) mass is 261 g/mol. The van der Waals surface area contributed by atoms with Gasteiger partial charge in [0, 0.05) is 23.9 Å². The van der Waals surface area contributed by atoms with Crippen LogP contribution in [0.4, 0.5) is 5.82 Å². The predicted molar refractivity (Wildman–Crippen MR) is 71.4 cm³/mol. The molecule has 0 bridgehead atoms. The van der Waals surface area contributed by atoms with Crippen LogP contribution in [0.25, 0.3) is 0 Å². The van der Waals surface area contributed by atoms with E-state index in [4.69, 9.17) is 5.73 Å². The van der Waals surface area contributed by atoms with Crippen molar-refractivity contribution in [1.29, 1.82) is 0 Å². The standard InChI is InChI=1S/C12H15N5S/c1-7(2)10-16-9(13)8(3)11(17-10)18-12-14-5-4-6-15-12/h4-7H,1-3H3,(H2,13,16,17). The molecule has 2 aromatic heterocycles. The molecule has 2 N–H and O–H groups in total. The number of hydrogen-bond acceptors (Lipinski definition) is 6. The van der Waals surface area contributed by atoms with Crippen LogP contribution in [0.1, 0.15) is 31.2 Å². The van der Waals surface area contributed by atoms with Gasteiger partial charge in [0.1, 0.15) is 16.7 Å². The van der Waals surface area contributed by atoms with Gasteiger partial charge in [0.25, 0.3) is 0 Å². The number of nitrogens with zero attached hydrogens (tertiary/aromatic N) is 4. The number of nitrogen functional groups attached to an aromatic ring is 1. The van der Waals surface area contributed by atoms with E-state index < -0.39 is 0 Å². The van der Waals surface area contributed by atoms with Crippen LogP contribution in [0.3, 0.4) is 0 Å². The largest absolute Gasteiger partial charge is 0.383 e. The summed E-state index contributed by atoms with van der Waals surface area (Å²) in [6.45, 7) is 5.99. The van der Waals surface area contributed by atoms with E-state index in [9.17, 15) is 0 Å². The lowest BCUT2D eigenvalue weighted by Crippen LogP contribution is -2.05. The fraction of sp³-hybridized carbons (Fsp3) is 0.333. The van der Waals surface area contributed by atoms with Crippen LogP contribution >= 0.6 is 11.8 Å². The van der Waals surface area contributed by atoms with Gasteiger partial charge < -0.3 is 5.73 Å². The molecule has 0 amide bonds. The van der Waals surface area contributed by atoms with Gasteiger partial charge in [-0.2, -0.15) is 0 Å². The molecule has 0 aliphatic rings. The summed E-state index contributed by atoms with van der Waals surface area (Å²) in [7, 11) is 0. The molecule has 94 valence electrons. The molecule has 0 aliphatic carbocycles. The smallest absolute Gasteiger partial charge is 0.193 e. The number of nitrogens with two attached hydrogens (primary N) is 1. The van der Waals surface area contributed by atoms with Crippen LogP contribution in [0.2, 0.25) is 0 Å². The molecule has 6 heteroatoms. The maximum atomic E-state index is 5.91. The van der Waals surface area contributed by atoms with Gasteiger partial charge >= 0.3 is 0 Å². The van der Waals surface area contributed by atoms with E-state index in [1.54, 1.807) is 18.5 Å². The first kappa shape index (κ1) is 12.8. The summed E-state index contributed by atoms with van der Waals surface area (Å²) >= 11 is 1.41. The third kappa shape index (κ3) is 2.76. The summed E-state index contributed by atoms with van der Waals surface area (Å²) < 4.78 is 0. The molecule has 5 nitrogen and oxygen atoms in total. The molecule has 0 unspecified atom stereocenters. The summed E-state index contributed by atoms with van der Waals surface area (Å²) in [5.74, 6) is 1.51. The molecule has 2 aromatic rings. The van der Waals surface area contributed by atoms with E-state index in [0.29, 0.717) is 11.0 Å². The van der Waals surface area contributed by atoms with E-state index in [-0.39, 0.29) is 5.92 Å². The predicted octanol–water partition coefficient (Wildman–Crippen LogP) is 2.43. The van der Waals surface area contributed by atoms with Crippen LogP contribution in [-0.4, -0.2) is 19.9 Å². The number of rotatable bonds is 3.